The van der Waals surface area contributed by atoms with Crippen LogP contribution >= 0.6 is 0 Å². The normalized spacial score (nSPS) is 12.4. The van der Waals surface area contributed by atoms with E-state index in [9.17, 15) is 0 Å². The Bertz CT molecular complexity index is 228. The van der Waals surface area contributed by atoms with E-state index in [4.69, 9.17) is 0 Å². The molecule has 0 aliphatic rings. The molecular weight excluding hydrogens is 280 g/mol. The highest BCUT2D eigenvalue weighted by Gasteiger charge is 2.07. The zero-order valence-electron chi connectivity index (χ0n) is 16.2. The lowest BCUT2D eigenvalue weighted by molar-refractivity contribution is 0.365. The maximum Gasteiger partial charge on any atom is 0.0212 e. The van der Waals surface area contributed by atoms with Gasteiger partial charge in [0.1, 0.15) is 0 Å². The average molecular weight is 325 g/mol. The van der Waals surface area contributed by atoms with Gasteiger partial charge in [0, 0.05) is 12.6 Å². The molecular formula is C21H44N2. The van der Waals surface area contributed by atoms with Crippen molar-refractivity contribution in [3.8, 4) is 0 Å². The summed E-state index contributed by atoms with van der Waals surface area (Å²) in [5, 5.41) is 0. The Balaban J connectivity index is 3.66. The van der Waals surface area contributed by atoms with Crippen molar-refractivity contribution in [1.29, 1.82) is 0 Å². The molecule has 2 nitrogen and oxygen atoms in total. The molecule has 23 heavy (non-hydrogen) atoms. The SMILES string of the molecule is C=CCCCCCCC(CCCCCCCCC)NNCCC. The van der Waals surface area contributed by atoms with Crippen molar-refractivity contribution in [3.63, 3.8) is 0 Å². The predicted molar refractivity (Wildman–Crippen MR) is 106 cm³/mol. The molecule has 0 aliphatic carbocycles. The predicted octanol–water partition coefficient (Wildman–Crippen LogP) is 6.53. The molecule has 0 aromatic rings. The van der Waals surface area contributed by atoms with Crippen molar-refractivity contribution < 1.29 is 0 Å². The first-order valence-corrected chi connectivity index (χ1v) is 10.4. The zero-order valence-corrected chi connectivity index (χ0v) is 16.2. The van der Waals surface area contributed by atoms with Crippen molar-refractivity contribution in [2.45, 2.75) is 116 Å². The van der Waals surface area contributed by atoms with Gasteiger partial charge in [0.2, 0.25) is 0 Å². The van der Waals surface area contributed by atoms with Gasteiger partial charge in [-0.25, -0.2) is 0 Å². The van der Waals surface area contributed by atoms with E-state index in [-0.39, 0.29) is 0 Å². The zero-order chi connectivity index (χ0) is 17.0. The number of hydrogen-bond acceptors (Lipinski definition) is 2. The molecule has 0 fully saturated rings. The minimum atomic E-state index is 0.664. The summed E-state index contributed by atoms with van der Waals surface area (Å²) in [7, 11) is 0. The van der Waals surface area contributed by atoms with Gasteiger partial charge < -0.3 is 0 Å². The first-order chi connectivity index (χ1) is 11.3. The van der Waals surface area contributed by atoms with E-state index >= 15 is 0 Å². The van der Waals surface area contributed by atoms with Crippen LogP contribution in [0.1, 0.15) is 110 Å². The van der Waals surface area contributed by atoms with Gasteiger partial charge in [-0.3, -0.25) is 10.9 Å². The van der Waals surface area contributed by atoms with E-state index in [1.54, 1.807) is 0 Å². The van der Waals surface area contributed by atoms with Crippen LogP contribution in [-0.2, 0) is 0 Å². The summed E-state index contributed by atoms with van der Waals surface area (Å²) in [5.74, 6) is 0. The van der Waals surface area contributed by atoms with Crippen LogP contribution in [0.25, 0.3) is 0 Å². The highest BCUT2D eigenvalue weighted by Crippen LogP contribution is 2.14. The summed E-state index contributed by atoms with van der Waals surface area (Å²) in [5.41, 5.74) is 6.97. The third-order valence-electron chi connectivity index (χ3n) is 4.55. The van der Waals surface area contributed by atoms with E-state index in [0.29, 0.717) is 6.04 Å². The van der Waals surface area contributed by atoms with Crippen LogP contribution in [0.15, 0.2) is 12.7 Å². The van der Waals surface area contributed by atoms with Crippen molar-refractivity contribution in [2.24, 2.45) is 0 Å². The molecule has 0 heterocycles. The smallest absolute Gasteiger partial charge is 0.0212 e. The number of rotatable bonds is 19. The van der Waals surface area contributed by atoms with Crippen LogP contribution in [0.2, 0.25) is 0 Å². The number of nitrogens with one attached hydrogen (secondary N) is 2. The van der Waals surface area contributed by atoms with Crippen molar-refractivity contribution in [3.05, 3.63) is 12.7 Å². The van der Waals surface area contributed by atoms with Gasteiger partial charge in [-0.2, -0.15) is 0 Å². The third-order valence-corrected chi connectivity index (χ3v) is 4.55. The molecule has 0 aromatic heterocycles. The molecule has 0 rings (SSSR count). The molecule has 0 saturated carbocycles. The van der Waals surface area contributed by atoms with E-state index in [1.807, 2.05) is 6.08 Å². The second kappa shape index (κ2) is 19.7. The molecule has 0 bridgehead atoms. The molecule has 1 atom stereocenters. The van der Waals surface area contributed by atoms with E-state index < -0.39 is 0 Å². The van der Waals surface area contributed by atoms with Gasteiger partial charge in [-0.1, -0.05) is 84.1 Å². The molecule has 2 heteroatoms. The van der Waals surface area contributed by atoms with Crippen LogP contribution < -0.4 is 10.9 Å². The average Bonchev–Trinajstić information content (AvgIpc) is 2.56. The summed E-state index contributed by atoms with van der Waals surface area (Å²) in [4.78, 5) is 0. The van der Waals surface area contributed by atoms with Crippen molar-refractivity contribution >= 4 is 0 Å². The number of allylic oxidation sites excluding steroid dienone is 1. The number of unbranched alkanes of at least 4 members (excludes halogenated alkanes) is 10. The molecule has 0 aromatic carbocycles. The topological polar surface area (TPSA) is 24.1 Å². The van der Waals surface area contributed by atoms with Crippen LogP contribution in [0.4, 0.5) is 0 Å². The second-order valence-corrected chi connectivity index (χ2v) is 6.96. The fraction of sp³-hybridized carbons (Fsp3) is 0.905. The van der Waals surface area contributed by atoms with Crippen LogP contribution in [-0.4, -0.2) is 12.6 Å². The van der Waals surface area contributed by atoms with Gasteiger partial charge >= 0.3 is 0 Å². The van der Waals surface area contributed by atoms with Crippen molar-refractivity contribution in [2.75, 3.05) is 6.54 Å². The molecule has 138 valence electrons. The highest BCUT2D eigenvalue weighted by atomic mass is 15.4. The first kappa shape index (κ1) is 22.7. The molecule has 0 radical (unpaired) electrons. The molecule has 0 amide bonds. The Labute approximate surface area is 146 Å². The molecule has 0 aliphatic heterocycles. The fourth-order valence-corrected chi connectivity index (χ4v) is 3.01. The minimum Gasteiger partial charge on any atom is -0.258 e. The maximum absolute atomic E-state index is 3.80. The largest absolute Gasteiger partial charge is 0.258 e. The number of hydrogen-bond donors (Lipinski definition) is 2. The third kappa shape index (κ3) is 17.8. The molecule has 0 saturated heterocycles. The minimum absolute atomic E-state index is 0.664. The Kier molecular flexibility index (Phi) is 19.4. The number of hydrazine groups is 1. The van der Waals surface area contributed by atoms with Crippen LogP contribution in [0.3, 0.4) is 0 Å². The van der Waals surface area contributed by atoms with Crippen LogP contribution in [0, 0.1) is 0 Å². The Morgan fingerprint density at radius 3 is 1.87 bits per heavy atom. The summed E-state index contributed by atoms with van der Waals surface area (Å²) in [6.45, 7) is 9.38. The van der Waals surface area contributed by atoms with Crippen LogP contribution in [0.5, 0.6) is 0 Å². The Morgan fingerprint density at radius 1 is 0.739 bits per heavy atom. The van der Waals surface area contributed by atoms with Gasteiger partial charge in [-0.15, -0.1) is 6.58 Å². The molecule has 0 spiro atoms. The quantitative estimate of drug-likeness (QED) is 0.160. The lowest BCUT2D eigenvalue weighted by Crippen LogP contribution is -2.41. The van der Waals surface area contributed by atoms with Crippen molar-refractivity contribution in [1.82, 2.24) is 10.9 Å². The monoisotopic (exact) mass is 324 g/mol. The fourth-order valence-electron chi connectivity index (χ4n) is 3.01. The summed E-state index contributed by atoms with van der Waals surface area (Å²) in [6.07, 6.45) is 22.3. The van der Waals surface area contributed by atoms with E-state index in [0.717, 1.165) is 6.54 Å². The van der Waals surface area contributed by atoms with E-state index in [1.165, 1.54) is 96.3 Å². The van der Waals surface area contributed by atoms with Gasteiger partial charge in [0.05, 0.1) is 0 Å². The maximum atomic E-state index is 3.80. The molecule has 2 N–H and O–H groups in total. The first-order valence-electron chi connectivity index (χ1n) is 10.4. The lowest BCUT2D eigenvalue weighted by Gasteiger charge is -2.19. The lowest BCUT2D eigenvalue weighted by atomic mass is 10.0. The van der Waals surface area contributed by atoms with Gasteiger partial charge in [0.15, 0.2) is 0 Å². The summed E-state index contributed by atoms with van der Waals surface area (Å²) >= 11 is 0. The standard InChI is InChI=1S/C21H44N2/c1-4-7-9-11-13-15-17-19-21(23-22-20-6-3)18-16-14-12-10-8-5-2/h5,21-23H,2,4,6-20H2,1,3H3. The summed E-state index contributed by atoms with van der Waals surface area (Å²) < 4.78 is 0. The van der Waals surface area contributed by atoms with Gasteiger partial charge in [0.25, 0.3) is 0 Å². The Hall–Kier alpha value is -0.340. The van der Waals surface area contributed by atoms with E-state index in [2.05, 4.69) is 31.3 Å². The second-order valence-electron chi connectivity index (χ2n) is 6.96. The summed E-state index contributed by atoms with van der Waals surface area (Å²) in [6, 6.07) is 0.664. The molecule has 1 unspecified atom stereocenters. The Morgan fingerprint density at radius 2 is 1.30 bits per heavy atom. The highest BCUT2D eigenvalue weighted by molar-refractivity contribution is 4.67. The van der Waals surface area contributed by atoms with Gasteiger partial charge in [-0.05, 0) is 32.1 Å².